The van der Waals surface area contributed by atoms with Gasteiger partial charge in [0.15, 0.2) is 0 Å². The molecule has 1 heterocycles. The van der Waals surface area contributed by atoms with Crippen molar-refractivity contribution in [1.82, 2.24) is 15.2 Å². The first kappa shape index (κ1) is 15.4. The summed E-state index contributed by atoms with van der Waals surface area (Å²) in [6.45, 7) is 1.49. The lowest BCUT2D eigenvalue weighted by Gasteiger charge is -2.03. The highest BCUT2D eigenvalue weighted by molar-refractivity contribution is 6.03. The maximum atomic E-state index is 12.3. The van der Waals surface area contributed by atoms with Crippen molar-refractivity contribution in [2.24, 2.45) is 0 Å². The Bertz CT molecular complexity index is 741. The predicted molar refractivity (Wildman–Crippen MR) is 67.2 cm³/mol. The highest BCUT2D eigenvalue weighted by Gasteiger charge is 2.35. The Morgan fingerprint density at radius 2 is 2.09 bits per heavy atom. The minimum atomic E-state index is -4.72. The van der Waals surface area contributed by atoms with E-state index in [1.165, 1.54) is 19.1 Å². The van der Waals surface area contributed by atoms with Crippen LogP contribution in [0.1, 0.15) is 21.7 Å². The lowest BCUT2D eigenvalue weighted by molar-refractivity contribution is -0.385. The lowest BCUT2D eigenvalue weighted by Crippen LogP contribution is -2.14. The van der Waals surface area contributed by atoms with Crippen LogP contribution in [-0.2, 0) is 6.18 Å². The van der Waals surface area contributed by atoms with Gasteiger partial charge in [-0.25, -0.2) is 0 Å². The van der Waals surface area contributed by atoms with E-state index in [1.54, 1.807) is 5.10 Å². The van der Waals surface area contributed by atoms with Crippen LogP contribution in [0.4, 0.5) is 24.8 Å². The maximum absolute atomic E-state index is 12.3. The van der Waals surface area contributed by atoms with E-state index in [9.17, 15) is 28.1 Å². The zero-order valence-corrected chi connectivity index (χ0v) is 10.9. The van der Waals surface area contributed by atoms with Crippen LogP contribution in [0.15, 0.2) is 18.2 Å². The second kappa shape index (κ2) is 5.42. The molecule has 0 radical (unpaired) electrons. The smallest absolute Gasteiger partial charge is 0.289 e. The minimum absolute atomic E-state index is 0.101. The number of nitro benzene ring substituents is 1. The molecule has 2 aromatic rings. The Balaban J connectivity index is 2.21. The maximum Gasteiger partial charge on any atom is 0.451 e. The van der Waals surface area contributed by atoms with Gasteiger partial charge in [-0.2, -0.15) is 18.2 Å². The van der Waals surface area contributed by atoms with Gasteiger partial charge in [0.05, 0.1) is 4.92 Å². The zero-order valence-electron chi connectivity index (χ0n) is 10.9. The van der Waals surface area contributed by atoms with Crippen LogP contribution in [0.3, 0.4) is 0 Å². The van der Waals surface area contributed by atoms with E-state index in [1.807, 2.05) is 5.32 Å². The molecule has 0 atom stereocenters. The molecular formula is C11H8F3N5O3. The second-order valence-corrected chi connectivity index (χ2v) is 4.22. The number of aryl methyl sites for hydroxylation is 1. The molecule has 1 amide bonds. The molecule has 0 unspecified atom stereocenters. The van der Waals surface area contributed by atoms with E-state index in [4.69, 9.17) is 0 Å². The number of amides is 1. The number of carbonyl (C=O) groups is 1. The summed E-state index contributed by atoms with van der Waals surface area (Å²) < 4.78 is 37.0. The van der Waals surface area contributed by atoms with Crippen LogP contribution in [0.25, 0.3) is 0 Å². The number of aromatic amines is 1. The van der Waals surface area contributed by atoms with Gasteiger partial charge >= 0.3 is 6.18 Å². The first-order valence-electron chi connectivity index (χ1n) is 5.74. The Morgan fingerprint density at radius 3 is 2.64 bits per heavy atom. The van der Waals surface area contributed by atoms with E-state index in [0.29, 0.717) is 5.56 Å². The molecule has 11 heteroatoms. The Morgan fingerprint density at radius 1 is 1.41 bits per heavy atom. The summed E-state index contributed by atoms with van der Waals surface area (Å²) in [5.74, 6) is -2.81. The van der Waals surface area contributed by atoms with Gasteiger partial charge in [-0.15, -0.1) is 5.10 Å². The molecular weight excluding hydrogens is 307 g/mol. The van der Waals surface area contributed by atoms with Crippen molar-refractivity contribution in [2.45, 2.75) is 13.1 Å². The van der Waals surface area contributed by atoms with Crippen LogP contribution in [-0.4, -0.2) is 26.0 Å². The fourth-order valence-electron chi connectivity index (χ4n) is 1.57. The molecule has 0 saturated heterocycles. The number of carbonyl (C=O) groups excluding carboxylic acids is 1. The average Bonchev–Trinajstić information content (AvgIpc) is 2.87. The van der Waals surface area contributed by atoms with E-state index in [-0.39, 0.29) is 11.3 Å². The normalized spacial score (nSPS) is 11.3. The van der Waals surface area contributed by atoms with Crippen molar-refractivity contribution >= 4 is 17.5 Å². The summed E-state index contributed by atoms with van der Waals surface area (Å²) in [6, 6.07) is 3.67. The molecule has 1 aromatic heterocycles. The van der Waals surface area contributed by atoms with Gasteiger partial charge in [0.25, 0.3) is 11.6 Å². The minimum Gasteiger partial charge on any atom is -0.289 e. The van der Waals surface area contributed by atoms with Crippen molar-refractivity contribution < 1.29 is 22.9 Å². The van der Waals surface area contributed by atoms with Crippen LogP contribution < -0.4 is 5.32 Å². The summed E-state index contributed by atoms with van der Waals surface area (Å²) in [5.41, 5.74) is -0.0342. The summed E-state index contributed by atoms with van der Waals surface area (Å²) in [4.78, 5) is 25.0. The van der Waals surface area contributed by atoms with E-state index in [2.05, 4.69) is 10.1 Å². The van der Waals surface area contributed by atoms with Crippen LogP contribution >= 0.6 is 0 Å². The number of halogens is 3. The molecule has 0 aliphatic heterocycles. The quantitative estimate of drug-likeness (QED) is 0.666. The Labute approximate surface area is 120 Å². The van der Waals surface area contributed by atoms with Crippen LogP contribution in [0, 0.1) is 17.0 Å². The highest BCUT2D eigenvalue weighted by Crippen LogP contribution is 2.26. The molecule has 2 N–H and O–H groups in total. The van der Waals surface area contributed by atoms with Gasteiger partial charge in [-0.1, -0.05) is 6.07 Å². The molecule has 0 spiro atoms. The molecule has 0 bridgehead atoms. The molecule has 116 valence electrons. The predicted octanol–water partition coefficient (Wildman–Crippen LogP) is 2.29. The second-order valence-electron chi connectivity index (χ2n) is 4.22. The third-order valence-electron chi connectivity index (χ3n) is 2.65. The number of nitro groups is 1. The summed E-state index contributed by atoms with van der Waals surface area (Å²) in [7, 11) is 0. The van der Waals surface area contributed by atoms with Crippen molar-refractivity contribution in [3.8, 4) is 0 Å². The molecule has 8 nitrogen and oxygen atoms in total. The molecule has 0 saturated carbocycles. The number of benzene rings is 1. The third kappa shape index (κ3) is 3.19. The molecule has 0 aliphatic rings. The number of aromatic nitrogens is 3. The third-order valence-corrected chi connectivity index (χ3v) is 2.65. The lowest BCUT2D eigenvalue weighted by atomic mass is 10.1. The van der Waals surface area contributed by atoms with Crippen molar-refractivity contribution in [3.63, 3.8) is 0 Å². The van der Waals surface area contributed by atoms with Gasteiger partial charge in [0.2, 0.25) is 11.8 Å². The topological polar surface area (TPSA) is 114 Å². The van der Waals surface area contributed by atoms with Gasteiger partial charge in [0, 0.05) is 17.2 Å². The van der Waals surface area contributed by atoms with E-state index < -0.39 is 28.8 Å². The van der Waals surface area contributed by atoms with Gasteiger partial charge in [-0.3, -0.25) is 25.3 Å². The first-order valence-corrected chi connectivity index (χ1v) is 5.74. The van der Waals surface area contributed by atoms with Gasteiger partial charge in [-0.05, 0) is 13.0 Å². The number of anilines is 1. The van der Waals surface area contributed by atoms with Crippen LogP contribution in [0.2, 0.25) is 0 Å². The SMILES string of the molecule is Cc1ccc(C(=O)Nc2n[nH]c(C(F)(F)F)n2)cc1[N+](=O)[O-]. The largest absolute Gasteiger partial charge is 0.451 e. The Hall–Kier alpha value is -2.98. The van der Waals surface area contributed by atoms with Crippen molar-refractivity contribution in [2.75, 3.05) is 5.32 Å². The molecule has 0 aliphatic carbocycles. The fraction of sp³-hybridized carbons (Fsp3) is 0.182. The Kier molecular flexibility index (Phi) is 3.80. The first-order chi connectivity index (χ1) is 10.2. The van der Waals surface area contributed by atoms with Gasteiger partial charge in [0.1, 0.15) is 0 Å². The standard InChI is InChI=1S/C11H8F3N5O3/c1-5-2-3-6(4-7(5)19(21)22)8(20)15-10-16-9(17-18-10)11(12,13)14/h2-4H,1H3,(H2,15,16,17,18,20). The zero-order chi connectivity index (χ0) is 16.5. The van der Waals surface area contributed by atoms with Crippen LogP contribution in [0.5, 0.6) is 0 Å². The molecule has 22 heavy (non-hydrogen) atoms. The average molecular weight is 315 g/mol. The fourth-order valence-corrected chi connectivity index (χ4v) is 1.57. The molecule has 1 aromatic carbocycles. The van der Waals surface area contributed by atoms with E-state index >= 15 is 0 Å². The number of H-pyrrole nitrogens is 1. The molecule has 2 rings (SSSR count). The summed E-state index contributed by atoms with van der Waals surface area (Å²) in [6.07, 6.45) is -4.72. The number of alkyl halides is 3. The monoisotopic (exact) mass is 315 g/mol. The summed E-state index contributed by atoms with van der Waals surface area (Å²) in [5, 5.41) is 17.6. The number of rotatable bonds is 3. The van der Waals surface area contributed by atoms with Crippen molar-refractivity contribution in [3.05, 3.63) is 45.3 Å². The number of nitrogens with zero attached hydrogens (tertiary/aromatic N) is 3. The highest BCUT2D eigenvalue weighted by atomic mass is 19.4. The van der Waals surface area contributed by atoms with Crippen molar-refractivity contribution in [1.29, 1.82) is 0 Å². The number of hydrogen-bond acceptors (Lipinski definition) is 5. The number of hydrogen-bond donors (Lipinski definition) is 2. The molecule has 0 fully saturated rings. The summed E-state index contributed by atoms with van der Waals surface area (Å²) >= 11 is 0. The number of nitrogens with one attached hydrogen (secondary N) is 2. The van der Waals surface area contributed by atoms with E-state index in [0.717, 1.165) is 6.07 Å². The van der Waals surface area contributed by atoms with Gasteiger partial charge < -0.3 is 0 Å².